The van der Waals surface area contributed by atoms with E-state index in [1.54, 1.807) is 0 Å². The van der Waals surface area contributed by atoms with Crippen LogP contribution in [0.2, 0.25) is 0 Å². The number of anilines is 1. The zero-order valence-electron chi connectivity index (χ0n) is 25.4. The number of hydrogen-bond donors (Lipinski definition) is 4. The Balaban J connectivity index is 1.17. The Hall–Kier alpha value is -3.67. The maximum absolute atomic E-state index is 11.1. The van der Waals surface area contributed by atoms with Crippen molar-refractivity contribution >= 4 is 17.2 Å². The number of aliphatic carboxylic acids is 1. The predicted octanol–water partition coefficient (Wildman–Crippen LogP) is 8.32. The zero-order valence-corrected chi connectivity index (χ0v) is 25.4. The van der Waals surface area contributed by atoms with Gasteiger partial charge < -0.3 is 15.5 Å². The van der Waals surface area contributed by atoms with Gasteiger partial charge in [0.15, 0.2) is 0 Å². The van der Waals surface area contributed by atoms with Crippen molar-refractivity contribution in [3.05, 3.63) is 107 Å². The summed E-state index contributed by atoms with van der Waals surface area (Å²) < 4.78 is 0. The third-order valence-electron chi connectivity index (χ3n) is 8.88. The summed E-state index contributed by atoms with van der Waals surface area (Å²) in [6, 6.07) is 26.2. The molecule has 4 N–H and O–H groups in total. The number of carboxylic acid groups (broad SMARTS) is 1. The minimum absolute atomic E-state index is 0.132. The van der Waals surface area contributed by atoms with Crippen molar-refractivity contribution in [1.29, 1.82) is 0 Å². The van der Waals surface area contributed by atoms with Crippen LogP contribution in [0.4, 0.5) is 5.69 Å². The second-order valence-corrected chi connectivity index (χ2v) is 12.2. The minimum Gasteiger partial charge on any atom is -0.481 e. The van der Waals surface area contributed by atoms with Gasteiger partial charge in [-0.25, -0.2) is 0 Å². The van der Waals surface area contributed by atoms with Gasteiger partial charge >= 0.3 is 5.97 Å². The van der Waals surface area contributed by atoms with Crippen molar-refractivity contribution in [1.82, 2.24) is 5.32 Å². The van der Waals surface area contributed by atoms with E-state index in [1.165, 1.54) is 34.2 Å². The first-order chi connectivity index (χ1) is 21.0. The topological polar surface area (TPSA) is 81.6 Å². The van der Waals surface area contributed by atoms with Crippen LogP contribution in [0.25, 0.3) is 16.7 Å². The molecule has 0 saturated heterocycles. The van der Waals surface area contributed by atoms with Crippen LogP contribution >= 0.6 is 0 Å². The van der Waals surface area contributed by atoms with E-state index in [4.69, 9.17) is 5.11 Å². The smallest absolute Gasteiger partial charge is 0.303 e. The number of unbranched alkanes of at least 4 members (excludes halogenated alkanes) is 1. The highest BCUT2D eigenvalue weighted by molar-refractivity contribution is 5.85. The maximum Gasteiger partial charge on any atom is 0.303 e. The molecule has 1 fully saturated rings. The third-order valence-corrected chi connectivity index (χ3v) is 8.88. The summed E-state index contributed by atoms with van der Waals surface area (Å²) in [4.78, 5) is 10.8. The fraction of sp³-hybridized carbons (Fsp3) is 0.395. The summed E-state index contributed by atoms with van der Waals surface area (Å²) in [6.45, 7) is 2.90. The van der Waals surface area contributed by atoms with Gasteiger partial charge in [-0.3, -0.25) is 10.1 Å². The Labute approximate surface area is 256 Å². The van der Waals surface area contributed by atoms with E-state index in [0.717, 1.165) is 68.3 Å². The lowest BCUT2D eigenvalue weighted by molar-refractivity contribution is -0.136. The van der Waals surface area contributed by atoms with Crippen molar-refractivity contribution in [2.24, 2.45) is 0 Å². The van der Waals surface area contributed by atoms with Crippen molar-refractivity contribution in [2.75, 3.05) is 11.9 Å². The van der Waals surface area contributed by atoms with Crippen LogP contribution in [0.5, 0.6) is 0 Å². The fourth-order valence-electron chi connectivity index (χ4n) is 6.52. The first kappa shape index (κ1) is 30.8. The summed E-state index contributed by atoms with van der Waals surface area (Å²) in [5.74, 6) is -0.176. The van der Waals surface area contributed by atoms with Gasteiger partial charge in [-0.1, -0.05) is 84.5 Å². The molecule has 5 nitrogen and oxygen atoms in total. The average molecular weight is 579 g/mol. The molecule has 0 radical (unpaired) electrons. The van der Waals surface area contributed by atoms with E-state index in [9.17, 15) is 9.90 Å². The van der Waals surface area contributed by atoms with E-state index in [2.05, 4.69) is 103 Å². The highest BCUT2D eigenvalue weighted by Crippen LogP contribution is 2.37. The predicted molar refractivity (Wildman–Crippen MR) is 177 cm³/mol. The van der Waals surface area contributed by atoms with Crippen LogP contribution in [0.1, 0.15) is 87.3 Å². The van der Waals surface area contributed by atoms with Crippen LogP contribution in [0.3, 0.4) is 0 Å². The average Bonchev–Trinajstić information content (AvgIpc) is 3.26. The number of benzene rings is 3. The molecule has 1 aliphatic heterocycles. The number of aryl methyl sites for hydroxylation is 1. The lowest BCUT2D eigenvalue weighted by Crippen LogP contribution is -2.33. The lowest BCUT2D eigenvalue weighted by Gasteiger charge is -2.28. The standard InChI is InChI=1S/C38H46N2O3/c1-27-25-35(38(43)39-24-6-5-11-28-9-3-2-4-10-28)34-23-22-33(26-36(34)40-27)32-20-18-31(19-21-32)30-14-7-12-29(16-17-30)13-8-15-37(41)42/h2-4,9-10,13,18-23,25-27,30,38-40,43H,5-8,11-12,14-17,24H2,1H3,(H,41,42). The number of rotatable bonds is 12. The van der Waals surface area contributed by atoms with E-state index in [-0.39, 0.29) is 12.5 Å². The van der Waals surface area contributed by atoms with Crippen molar-refractivity contribution in [2.45, 2.75) is 89.3 Å². The monoisotopic (exact) mass is 578 g/mol. The number of nitrogens with one attached hydrogen (secondary N) is 2. The molecule has 0 bridgehead atoms. The molecule has 2 aliphatic rings. The number of aliphatic hydroxyl groups excluding tert-OH is 1. The van der Waals surface area contributed by atoms with E-state index < -0.39 is 12.2 Å². The number of fused-ring (bicyclic) bond motifs is 1. The molecular weight excluding hydrogens is 532 g/mol. The van der Waals surface area contributed by atoms with Gasteiger partial charge in [0.25, 0.3) is 0 Å². The normalized spacial score (nSPS) is 20.0. The molecule has 3 aromatic carbocycles. The van der Waals surface area contributed by atoms with E-state index in [0.29, 0.717) is 12.3 Å². The van der Waals surface area contributed by atoms with Gasteiger partial charge in [0.1, 0.15) is 6.23 Å². The molecule has 43 heavy (non-hydrogen) atoms. The summed E-state index contributed by atoms with van der Waals surface area (Å²) in [5, 5.41) is 26.9. The highest BCUT2D eigenvalue weighted by Gasteiger charge is 2.22. The van der Waals surface area contributed by atoms with Gasteiger partial charge in [0, 0.05) is 29.3 Å². The SMILES string of the molecule is CC1C=C(C(O)NCCCCc2ccccc2)c2ccc(-c3ccc(C4CCCC(=CCCC(=O)O)CC4)cc3)cc2N1. The van der Waals surface area contributed by atoms with Gasteiger partial charge in [0.2, 0.25) is 0 Å². The van der Waals surface area contributed by atoms with Crippen molar-refractivity contribution in [3.63, 3.8) is 0 Å². The largest absolute Gasteiger partial charge is 0.481 e. The zero-order chi connectivity index (χ0) is 30.0. The number of carbonyl (C=O) groups is 1. The minimum atomic E-state index is -0.722. The van der Waals surface area contributed by atoms with Gasteiger partial charge in [-0.2, -0.15) is 0 Å². The molecule has 1 saturated carbocycles. The van der Waals surface area contributed by atoms with Crippen LogP contribution in [0.15, 0.2) is 90.5 Å². The van der Waals surface area contributed by atoms with Crippen LogP contribution in [-0.4, -0.2) is 35.0 Å². The molecule has 0 aromatic heterocycles. The second kappa shape index (κ2) is 15.2. The van der Waals surface area contributed by atoms with Gasteiger partial charge in [-0.05, 0) is 105 Å². The Morgan fingerprint density at radius 3 is 2.58 bits per heavy atom. The molecule has 1 heterocycles. The summed E-state index contributed by atoms with van der Waals surface area (Å²) in [6.07, 6.45) is 13.2. The van der Waals surface area contributed by atoms with Crippen molar-refractivity contribution < 1.29 is 15.0 Å². The Bertz CT molecular complexity index is 1410. The molecular formula is C38H46N2O3. The summed E-state index contributed by atoms with van der Waals surface area (Å²) >= 11 is 0. The molecule has 5 rings (SSSR count). The second-order valence-electron chi connectivity index (χ2n) is 12.2. The highest BCUT2D eigenvalue weighted by atomic mass is 16.4. The third kappa shape index (κ3) is 8.68. The number of aliphatic hydroxyl groups is 1. The van der Waals surface area contributed by atoms with Gasteiger partial charge in [0.05, 0.1) is 0 Å². The molecule has 3 aromatic rings. The van der Waals surface area contributed by atoms with Gasteiger partial charge in [-0.15, -0.1) is 0 Å². The fourth-order valence-corrected chi connectivity index (χ4v) is 6.52. The molecule has 226 valence electrons. The van der Waals surface area contributed by atoms with Crippen molar-refractivity contribution in [3.8, 4) is 11.1 Å². The maximum atomic E-state index is 11.1. The summed E-state index contributed by atoms with van der Waals surface area (Å²) in [7, 11) is 0. The van der Waals surface area contributed by atoms with E-state index >= 15 is 0 Å². The quantitative estimate of drug-likeness (QED) is 0.0752. The first-order valence-electron chi connectivity index (χ1n) is 16.0. The number of carboxylic acids is 1. The molecule has 5 heteroatoms. The Kier molecular flexibility index (Phi) is 10.9. The Morgan fingerprint density at radius 1 is 1.00 bits per heavy atom. The number of allylic oxidation sites excluding steroid dienone is 2. The van der Waals surface area contributed by atoms with Crippen LogP contribution in [0, 0.1) is 0 Å². The molecule has 0 amide bonds. The molecule has 1 aliphatic carbocycles. The molecule has 3 unspecified atom stereocenters. The Morgan fingerprint density at radius 2 is 1.79 bits per heavy atom. The molecule has 3 atom stereocenters. The summed E-state index contributed by atoms with van der Waals surface area (Å²) in [5.41, 5.74) is 9.58. The van der Waals surface area contributed by atoms with Crippen LogP contribution in [-0.2, 0) is 11.2 Å². The van der Waals surface area contributed by atoms with Crippen LogP contribution < -0.4 is 10.6 Å². The van der Waals surface area contributed by atoms with E-state index in [1.807, 2.05) is 0 Å². The first-order valence-corrected chi connectivity index (χ1v) is 16.0. The lowest BCUT2D eigenvalue weighted by atomic mass is 9.89. The molecule has 0 spiro atoms. The number of hydrogen-bond acceptors (Lipinski definition) is 4.